The maximum Gasteiger partial charge on any atom is 0.154 e. The Kier molecular flexibility index (Phi) is 3.97. The average molecular weight is 249 g/mol. The molecule has 4 nitrogen and oxygen atoms in total. The Balaban J connectivity index is 2.13. The summed E-state index contributed by atoms with van der Waals surface area (Å²) in [5, 5.41) is 3.50. The smallest absolute Gasteiger partial charge is 0.154 e. The number of ether oxygens (including phenoxy) is 1. The second-order valence-electron chi connectivity index (χ2n) is 6.01. The van der Waals surface area contributed by atoms with Gasteiger partial charge in [-0.1, -0.05) is 0 Å². The first-order valence-corrected chi connectivity index (χ1v) is 6.58. The van der Waals surface area contributed by atoms with Gasteiger partial charge in [0.2, 0.25) is 0 Å². The van der Waals surface area contributed by atoms with E-state index in [1.54, 1.807) is 7.11 Å². The number of rotatable bonds is 5. The first kappa shape index (κ1) is 13.4. The second kappa shape index (κ2) is 5.33. The van der Waals surface area contributed by atoms with Crippen molar-refractivity contribution >= 4 is 0 Å². The Morgan fingerprint density at radius 3 is 2.67 bits per heavy atom. The number of nitrogens with zero attached hydrogens (tertiary/aromatic N) is 2. The van der Waals surface area contributed by atoms with E-state index in [1.165, 1.54) is 24.1 Å². The highest BCUT2D eigenvalue weighted by molar-refractivity contribution is 5.25. The lowest BCUT2D eigenvalue weighted by molar-refractivity contribution is 0.177. The largest absolute Gasteiger partial charge is 0.377 e. The van der Waals surface area contributed by atoms with Crippen molar-refractivity contribution in [1.82, 2.24) is 15.3 Å². The molecule has 1 heterocycles. The maximum absolute atomic E-state index is 5.10. The minimum atomic E-state index is 0.117. The van der Waals surface area contributed by atoms with E-state index in [0.717, 1.165) is 12.4 Å². The molecule has 1 aromatic rings. The summed E-state index contributed by atoms with van der Waals surface area (Å²) in [6.07, 6.45) is 4.46. The summed E-state index contributed by atoms with van der Waals surface area (Å²) < 4.78 is 5.10. The quantitative estimate of drug-likeness (QED) is 0.870. The molecule has 1 aliphatic carbocycles. The average Bonchev–Trinajstić information content (AvgIpc) is 3.10. The molecule has 1 aromatic heterocycles. The van der Waals surface area contributed by atoms with Crippen molar-refractivity contribution < 1.29 is 4.74 Å². The van der Waals surface area contributed by atoms with E-state index >= 15 is 0 Å². The lowest BCUT2D eigenvalue weighted by Gasteiger charge is -2.21. The number of nitrogens with one attached hydrogen (secondary N) is 1. The standard InChI is InChI=1S/C14H23N3O/c1-14(2,3)16-8-11-7-15-12(9-18-4)17-13(11)10-5-6-10/h7,10,16H,5-6,8-9H2,1-4H3. The highest BCUT2D eigenvalue weighted by Gasteiger charge is 2.28. The van der Waals surface area contributed by atoms with E-state index in [9.17, 15) is 0 Å². The van der Waals surface area contributed by atoms with Gasteiger partial charge in [-0.2, -0.15) is 0 Å². The van der Waals surface area contributed by atoms with Gasteiger partial charge in [0.1, 0.15) is 6.61 Å². The summed E-state index contributed by atoms with van der Waals surface area (Å²) in [6, 6.07) is 0. The van der Waals surface area contributed by atoms with Crippen molar-refractivity contribution in [3.05, 3.63) is 23.3 Å². The summed E-state index contributed by atoms with van der Waals surface area (Å²) in [7, 11) is 1.68. The lowest BCUT2D eigenvalue weighted by atomic mass is 10.1. The van der Waals surface area contributed by atoms with Crippen LogP contribution in [0.1, 0.15) is 56.6 Å². The Labute approximate surface area is 109 Å². The summed E-state index contributed by atoms with van der Waals surface area (Å²) >= 11 is 0. The topological polar surface area (TPSA) is 47.0 Å². The van der Waals surface area contributed by atoms with Crippen LogP contribution in [0.15, 0.2) is 6.20 Å². The van der Waals surface area contributed by atoms with E-state index in [0.29, 0.717) is 12.5 Å². The zero-order valence-corrected chi connectivity index (χ0v) is 11.8. The number of hydrogen-bond acceptors (Lipinski definition) is 4. The molecule has 0 spiro atoms. The fourth-order valence-electron chi connectivity index (χ4n) is 1.86. The van der Waals surface area contributed by atoms with Crippen molar-refractivity contribution in [3.8, 4) is 0 Å². The van der Waals surface area contributed by atoms with Crippen LogP contribution in [0.5, 0.6) is 0 Å². The summed E-state index contributed by atoms with van der Waals surface area (Å²) in [6.45, 7) is 7.84. The van der Waals surface area contributed by atoms with Crippen molar-refractivity contribution in [2.45, 2.75) is 58.2 Å². The molecule has 2 rings (SSSR count). The molecule has 1 fully saturated rings. The van der Waals surface area contributed by atoms with Gasteiger partial charge < -0.3 is 10.1 Å². The zero-order chi connectivity index (χ0) is 13.2. The molecule has 0 saturated heterocycles. The van der Waals surface area contributed by atoms with Gasteiger partial charge in [0.15, 0.2) is 5.82 Å². The van der Waals surface area contributed by atoms with Crippen LogP contribution >= 0.6 is 0 Å². The molecule has 0 radical (unpaired) electrons. The molecule has 1 saturated carbocycles. The summed E-state index contributed by atoms with van der Waals surface area (Å²) in [5.74, 6) is 1.43. The van der Waals surface area contributed by atoms with Crippen LogP contribution in [-0.2, 0) is 17.9 Å². The third-order valence-corrected chi connectivity index (χ3v) is 2.99. The third kappa shape index (κ3) is 3.75. The molecule has 0 atom stereocenters. The monoisotopic (exact) mass is 249 g/mol. The lowest BCUT2D eigenvalue weighted by Crippen LogP contribution is -2.35. The summed E-state index contributed by atoms with van der Waals surface area (Å²) in [5.41, 5.74) is 2.56. The van der Waals surface area contributed by atoms with E-state index in [2.05, 4.69) is 36.1 Å². The molecule has 0 amide bonds. The van der Waals surface area contributed by atoms with Gasteiger partial charge in [-0.3, -0.25) is 0 Å². The Hall–Kier alpha value is -1.00. The number of aromatic nitrogens is 2. The second-order valence-corrected chi connectivity index (χ2v) is 6.01. The number of methoxy groups -OCH3 is 1. The normalized spacial score (nSPS) is 16.0. The summed E-state index contributed by atoms with van der Waals surface area (Å²) in [4.78, 5) is 9.01. The first-order chi connectivity index (χ1) is 8.49. The van der Waals surface area contributed by atoms with Gasteiger partial charge in [0, 0.05) is 36.9 Å². The highest BCUT2D eigenvalue weighted by Crippen LogP contribution is 2.40. The van der Waals surface area contributed by atoms with Gasteiger partial charge in [-0.25, -0.2) is 9.97 Å². The fraction of sp³-hybridized carbons (Fsp3) is 0.714. The molecule has 0 bridgehead atoms. The van der Waals surface area contributed by atoms with Crippen LogP contribution in [-0.4, -0.2) is 22.6 Å². The molecule has 0 unspecified atom stereocenters. The predicted octanol–water partition coefficient (Wildman–Crippen LogP) is 2.39. The Morgan fingerprint density at radius 2 is 2.11 bits per heavy atom. The minimum Gasteiger partial charge on any atom is -0.377 e. The number of hydrogen-bond donors (Lipinski definition) is 1. The van der Waals surface area contributed by atoms with Crippen molar-refractivity contribution in [2.75, 3.05) is 7.11 Å². The Morgan fingerprint density at radius 1 is 1.39 bits per heavy atom. The van der Waals surface area contributed by atoms with E-state index < -0.39 is 0 Å². The van der Waals surface area contributed by atoms with Crippen LogP contribution in [0.2, 0.25) is 0 Å². The van der Waals surface area contributed by atoms with E-state index in [4.69, 9.17) is 4.74 Å². The van der Waals surface area contributed by atoms with Gasteiger partial charge in [-0.05, 0) is 33.6 Å². The molecular formula is C14H23N3O. The maximum atomic E-state index is 5.10. The molecule has 1 aliphatic rings. The van der Waals surface area contributed by atoms with Crippen LogP contribution in [0.3, 0.4) is 0 Å². The molecule has 100 valence electrons. The van der Waals surface area contributed by atoms with Gasteiger partial charge >= 0.3 is 0 Å². The van der Waals surface area contributed by atoms with E-state index in [1.807, 2.05) is 6.20 Å². The molecule has 4 heteroatoms. The van der Waals surface area contributed by atoms with Crippen LogP contribution < -0.4 is 5.32 Å². The molecule has 1 N–H and O–H groups in total. The van der Waals surface area contributed by atoms with Gasteiger partial charge in [0.25, 0.3) is 0 Å². The fourth-order valence-corrected chi connectivity index (χ4v) is 1.86. The third-order valence-electron chi connectivity index (χ3n) is 2.99. The highest BCUT2D eigenvalue weighted by atomic mass is 16.5. The van der Waals surface area contributed by atoms with Crippen molar-refractivity contribution in [2.24, 2.45) is 0 Å². The molecular weight excluding hydrogens is 226 g/mol. The van der Waals surface area contributed by atoms with E-state index in [-0.39, 0.29) is 5.54 Å². The van der Waals surface area contributed by atoms with Crippen LogP contribution in [0, 0.1) is 0 Å². The van der Waals surface area contributed by atoms with Gasteiger partial charge in [0.05, 0.1) is 5.69 Å². The van der Waals surface area contributed by atoms with Gasteiger partial charge in [-0.15, -0.1) is 0 Å². The zero-order valence-electron chi connectivity index (χ0n) is 11.8. The first-order valence-electron chi connectivity index (χ1n) is 6.58. The predicted molar refractivity (Wildman–Crippen MR) is 71.3 cm³/mol. The molecule has 0 aliphatic heterocycles. The molecule has 18 heavy (non-hydrogen) atoms. The van der Waals surface area contributed by atoms with Crippen LogP contribution in [0.25, 0.3) is 0 Å². The van der Waals surface area contributed by atoms with Crippen LogP contribution in [0.4, 0.5) is 0 Å². The molecule has 0 aromatic carbocycles. The SMILES string of the molecule is COCc1ncc(CNC(C)(C)C)c(C2CC2)n1. The van der Waals surface area contributed by atoms with Crippen molar-refractivity contribution in [3.63, 3.8) is 0 Å². The minimum absolute atomic E-state index is 0.117. The van der Waals surface area contributed by atoms with Crippen molar-refractivity contribution in [1.29, 1.82) is 0 Å². The Bertz CT molecular complexity index is 408.